The van der Waals surface area contributed by atoms with Crippen LogP contribution in [-0.4, -0.2) is 25.2 Å². The van der Waals surface area contributed by atoms with Crippen molar-refractivity contribution < 1.29 is 14.3 Å². The third-order valence-corrected chi connectivity index (χ3v) is 4.16. The summed E-state index contributed by atoms with van der Waals surface area (Å²) in [5.74, 6) is 1.29. The maximum atomic E-state index is 12.3. The summed E-state index contributed by atoms with van der Waals surface area (Å²) < 4.78 is 11.4. The smallest absolute Gasteiger partial charge is 0.261 e. The van der Waals surface area contributed by atoms with E-state index < -0.39 is 6.10 Å². The number of halogens is 1. The third kappa shape index (κ3) is 5.98. The molecule has 0 aromatic heterocycles. The minimum atomic E-state index is -0.516. The maximum Gasteiger partial charge on any atom is 0.261 e. The minimum absolute atomic E-state index is 0.138. The molecule has 1 N–H and O–H groups in total. The van der Waals surface area contributed by atoms with E-state index in [1.54, 1.807) is 24.3 Å². The van der Waals surface area contributed by atoms with Gasteiger partial charge in [0.2, 0.25) is 0 Å². The molecular weight excluding hydrogens is 338 g/mol. The van der Waals surface area contributed by atoms with E-state index in [4.69, 9.17) is 21.1 Å². The summed E-state index contributed by atoms with van der Waals surface area (Å²) in [4.78, 5) is 12.3. The fourth-order valence-electron chi connectivity index (χ4n) is 2.26. The van der Waals surface area contributed by atoms with E-state index in [2.05, 4.69) is 5.32 Å². The average molecular weight is 362 g/mol. The lowest BCUT2D eigenvalue weighted by molar-refractivity contribution is -0.128. The summed E-state index contributed by atoms with van der Waals surface area (Å²) in [6, 6.07) is 13.0. The molecule has 0 aliphatic rings. The number of amides is 1. The van der Waals surface area contributed by atoms with Gasteiger partial charge in [0.25, 0.3) is 5.91 Å². The molecule has 25 heavy (non-hydrogen) atoms. The van der Waals surface area contributed by atoms with Crippen molar-refractivity contribution in [1.82, 2.24) is 5.32 Å². The van der Waals surface area contributed by atoms with Crippen molar-refractivity contribution in [1.29, 1.82) is 0 Å². The first-order valence-corrected chi connectivity index (χ1v) is 8.77. The fourth-order valence-corrected chi connectivity index (χ4v) is 2.39. The first-order chi connectivity index (χ1) is 12.0. The van der Waals surface area contributed by atoms with Gasteiger partial charge < -0.3 is 14.8 Å². The van der Waals surface area contributed by atoms with Crippen LogP contribution < -0.4 is 14.8 Å². The highest BCUT2D eigenvalue weighted by Gasteiger charge is 2.18. The molecule has 0 heterocycles. The predicted octanol–water partition coefficient (Wildman–Crippen LogP) is 4.31. The molecule has 0 aliphatic carbocycles. The van der Waals surface area contributed by atoms with Crippen molar-refractivity contribution in [2.45, 2.75) is 33.3 Å². The molecule has 1 atom stereocenters. The van der Waals surface area contributed by atoms with E-state index >= 15 is 0 Å². The lowest BCUT2D eigenvalue weighted by atomic mass is 10.1. The number of benzene rings is 2. The second-order valence-electron chi connectivity index (χ2n) is 5.85. The molecule has 134 valence electrons. The molecule has 0 bridgehead atoms. The molecule has 0 spiro atoms. The Hall–Kier alpha value is -2.20. The second kappa shape index (κ2) is 9.33. The number of hydrogen-bond donors (Lipinski definition) is 1. The second-order valence-corrected chi connectivity index (χ2v) is 6.29. The summed E-state index contributed by atoms with van der Waals surface area (Å²) in [5, 5.41) is 3.51. The number of hydrogen-bond acceptors (Lipinski definition) is 3. The Morgan fingerprint density at radius 2 is 1.76 bits per heavy atom. The lowest BCUT2D eigenvalue weighted by Crippen LogP contribution is -2.39. The van der Waals surface area contributed by atoms with E-state index in [1.807, 2.05) is 39.0 Å². The van der Waals surface area contributed by atoms with E-state index in [1.165, 1.54) is 5.56 Å². The van der Waals surface area contributed by atoms with E-state index in [0.29, 0.717) is 30.3 Å². The zero-order chi connectivity index (χ0) is 18.2. The molecule has 0 saturated heterocycles. The zero-order valence-electron chi connectivity index (χ0n) is 14.8. The standard InChI is InChI=1S/C20H24ClNO3/c1-4-19(25-18-8-5-14(2)15(3)13-18)20(23)22-11-12-24-17-9-6-16(21)7-10-17/h5-10,13,19H,4,11-12H2,1-3H3,(H,22,23). The number of carbonyl (C=O) groups is 1. The van der Waals surface area contributed by atoms with Crippen LogP contribution in [-0.2, 0) is 4.79 Å². The molecule has 0 radical (unpaired) electrons. The summed E-state index contributed by atoms with van der Waals surface area (Å²) in [5.41, 5.74) is 2.34. The van der Waals surface area contributed by atoms with Crippen molar-refractivity contribution in [2.24, 2.45) is 0 Å². The number of aryl methyl sites for hydroxylation is 2. The topological polar surface area (TPSA) is 47.6 Å². The molecule has 2 rings (SSSR count). The van der Waals surface area contributed by atoms with Crippen LogP contribution in [0.15, 0.2) is 42.5 Å². The van der Waals surface area contributed by atoms with E-state index in [0.717, 1.165) is 11.3 Å². The van der Waals surface area contributed by atoms with E-state index in [-0.39, 0.29) is 5.91 Å². The van der Waals surface area contributed by atoms with Crippen LogP contribution in [0, 0.1) is 13.8 Å². The van der Waals surface area contributed by atoms with E-state index in [9.17, 15) is 4.79 Å². The normalized spacial score (nSPS) is 11.7. The Bertz CT molecular complexity index is 701. The average Bonchev–Trinajstić information content (AvgIpc) is 2.61. The van der Waals surface area contributed by atoms with Crippen LogP contribution in [0.5, 0.6) is 11.5 Å². The molecule has 1 unspecified atom stereocenters. The summed E-state index contributed by atoms with van der Waals surface area (Å²) in [6.07, 6.45) is 0.0780. The summed E-state index contributed by atoms with van der Waals surface area (Å²) >= 11 is 5.82. The van der Waals surface area contributed by atoms with Crippen LogP contribution in [0.1, 0.15) is 24.5 Å². The fraction of sp³-hybridized carbons (Fsp3) is 0.350. The Kier molecular flexibility index (Phi) is 7.14. The first kappa shape index (κ1) is 19.1. The van der Waals surface area contributed by atoms with Gasteiger partial charge in [-0.25, -0.2) is 0 Å². The molecule has 4 nitrogen and oxygen atoms in total. The first-order valence-electron chi connectivity index (χ1n) is 8.39. The number of ether oxygens (including phenoxy) is 2. The minimum Gasteiger partial charge on any atom is -0.492 e. The van der Waals surface area contributed by atoms with Gasteiger partial charge in [0, 0.05) is 5.02 Å². The van der Waals surface area contributed by atoms with Gasteiger partial charge in [-0.1, -0.05) is 24.6 Å². The van der Waals surface area contributed by atoms with Crippen molar-refractivity contribution in [3.8, 4) is 11.5 Å². The van der Waals surface area contributed by atoms with Gasteiger partial charge in [-0.2, -0.15) is 0 Å². The SMILES string of the molecule is CCC(Oc1ccc(C)c(C)c1)C(=O)NCCOc1ccc(Cl)cc1. The summed E-state index contributed by atoms with van der Waals surface area (Å²) in [7, 11) is 0. The highest BCUT2D eigenvalue weighted by Crippen LogP contribution is 2.18. The zero-order valence-corrected chi connectivity index (χ0v) is 15.6. The van der Waals surface area contributed by atoms with Crippen LogP contribution >= 0.6 is 11.6 Å². The molecule has 2 aromatic carbocycles. The number of carbonyl (C=O) groups excluding carboxylic acids is 1. The predicted molar refractivity (Wildman–Crippen MR) is 101 cm³/mol. The maximum absolute atomic E-state index is 12.3. The van der Waals surface area contributed by atoms with Crippen molar-refractivity contribution in [3.63, 3.8) is 0 Å². The van der Waals surface area contributed by atoms with Gasteiger partial charge in [-0.15, -0.1) is 0 Å². The highest BCUT2D eigenvalue weighted by atomic mass is 35.5. The molecule has 0 saturated carbocycles. The summed E-state index contributed by atoms with van der Waals surface area (Å²) in [6.45, 7) is 6.79. The van der Waals surface area contributed by atoms with Crippen molar-refractivity contribution in [2.75, 3.05) is 13.2 Å². The monoisotopic (exact) mass is 361 g/mol. The van der Waals surface area contributed by atoms with Gasteiger partial charge in [-0.3, -0.25) is 4.79 Å². The largest absolute Gasteiger partial charge is 0.492 e. The van der Waals surface area contributed by atoms with Gasteiger partial charge in [0.1, 0.15) is 18.1 Å². The van der Waals surface area contributed by atoms with Gasteiger partial charge >= 0.3 is 0 Å². The number of rotatable bonds is 8. The molecular formula is C20H24ClNO3. The molecule has 0 fully saturated rings. The van der Waals surface area contributed by atoms with Crippen LogP contribution in [0.3, 0.4) is 0 Å². The van der Waals surface area contributed by atoms with Gasteiger partial charge in [0.15, 0.2) is 6.10 Å². The molecule has 1 amide bonds. The highest BCUT2D eigenvalue weighted by molar-refractivity contribution is 6.30. The van der Waals surface area contributed by atoms with Crippen LogP contribution in [0.25, 0.3) is 0 Å². The Morgan fingerprint density at radius 1 is 1.08 bits per heavy atom. The Labute approximate surface area is 154 Å². The lowest BCUT2D eigenvalue weighted by Gasteiger charge is -2.18. The Morgan fingerprint density at radius 3 is 2.40 bits per heavy atom. The third-order valence-electron chi connectivity index (χ3n) is 3.90. The molecule has 5 heteroatoms. The van der Waals surface area contributed by atoms with Crippen LogP contribution in [0.4, 0.5) is 0 Å². The molecule has 0 aliphatic heterocycles. The van der Waals surface area contributed by atoms with Crippen molar-refractivity contribution in [3.05, 3.63) is 58.6 Å². The van der Waals surface area contributed by atoms with Gasteiger partial charge in [-0.05, 0) is 67.8 Å². The molecule has 2 aromatic rings. The quantitative estimate of drug-likeness (QED) is 0.713. The van der Waals surface area contributed by atoms with Gasteiger partial charge in [0.05, 0.1) is 6.54 Å². The van der Waals surface area contributed by atoms with Crippen molar-refractivity contribution >= 4 is 17.5 Å². The number of nitrogens with one attached hydrogen (secondary N) is 1. The Balaban J connectivity index is 1.79. The van der Waals surface area contributed by atoms with Crippen LogP contribution in [0.2, 0.25) is 5.02 Å².